The molecule has 2 N–H and O–H groups in total. The van der Waals surface area contributed by atoms with E-state index in [9.17, 15) is 4.79 Å². The molecule has 0 saturated heterocycles. The van der Waals surface area contributed by atoms with Gasteiger partial charge in [-0.05, 0) is 47.1 Å². The number of hydrogen-bond donors (Lipinski definition) is 2. The van der Waals surface area contributed by atoms with Crippen molar-refractivity contribution in [2.45, 2.75) is 52.7 Å². The van der Waals surface area contributed by atoms with Gasteiger partial charge in [0.15, 0.2) is 0 Å². The van der Waals surface area contributed by atoms with E-state index in [4.69, 9.17) is 4.74 Å². The molecule has 4 nitrogen and oxygen atoms in total. The van der Waals surface area contributed by atoms with E-state index in [0.717, 1.165) is 26.0 Å². The molecule has 0 bridgehead atoms. The molecule has 96 valence electrons. The van der Waals surface area contributed by atoms with Crippen LogP contribution in [0.15, 0.2) is 0 Å². The Morgan fingerprint density at radius 3 is 2.44 bits per heavy atom. The van der Waals surface area contributed by atoms with Gasteiger partial charge in [-0.3, -0.25) is 4.79 Å². The van der Waals surface area contributed by atoms with Crippen molar-refractivity contribution in [2.75, 3.05) is 19.7 Å². The molecule has 0 aromatic heterocycles. The molecule has 0 aliphatic heterocycles. The number of nitrogens with one attached hydrogen (secondary N) is 2. The SMILES string of the molecule is CC(C)NC(=O)CNCCCCOC(C)C. The Morgan fingerprint density at radius 2 is 1.88 bits per heavy atom. The molecule has 0 aromatic rings. The van der Waals surface area contributed by atoms with Crippen LogP contribution < -0.4 is 10.6 Å². The molecule has 4 heteroatoms. The van der Waals surface area contributed by atoms with Gasteiger partial charge in [-0.2, -0.15) is 0 Å². The number of hydrogen-bond acceptors (Lipinski definition) is 3. The summed E-state index contributed by atoms with van der Waals surface area (Å²) in [5, 5.41) is 5.94. The van der Waals surface area contributed by atoms with Crippen LogP contribution in [0.1, 0.15) is 40.5 Å². The first-order valence-electron chi connectivity index (χ1n) is 6.14. The number of carbonyl (C=O) groups is 1. The van der Waals surface area contributed by atoms with E-state index >= 15 is 0 Å². The van der Waals surface area contributed by atoms with Crippen molar-refractivity contribution in [2.24, 2.45) is 0 Å². The number of ether oxygens (including phenoxy) is 1. The average Bonchev–Trinajstić information content (AvgIpc) is 2.14. The monoisotopic (exact) mass is 230 g/mol. The molecule has 0 atom stereocenters. The van der Waals surface area contributed by atoms with Gasteiger partial charge in [0, 0.05) is 12.6 Å². The fourth-order valence-electron chi connectivity index (χ4n) is 1.25. The first-order valence-corrected chi connectivity index (χ1v) is 6.14. The maximum atomic E-state index is 11.2. The summed E-state index contributed by atoms with van der Waals surface area (Å²) in [5.74, 6) is 0.0634. The lowest BCUT2D eigenvalue weighted by Gasteiger charge is -2.09. The minimum absolute atomic E-state index is 0.0634. The van der Waals surface area contributed by atoms with E-state index in [2.05, 4.69) is 10.6 Å². The molecule has 0 aromatic carbocycles. The fourth-order valence-corrected chi connectivity index (χ4v) is 1.25. The molecular formula is C12H26N2O2. The minimum atomic E-state index is 0.0634. The molecule has 0 heterocycles. The van der Waals surface area contributed by atoms with Gasteiger partial charge in [-0.15, -0.1) is 0 Å². The summed E-state index contributed by atoms with van der Waals surface area (Å²) in [6, 6.07) is 0.216. The Morgan fingerprint density at radius 1 is 1.19 bits per heavy atom. The predicted molar refractivity (Wildman–Crippen MR) is 66.5 cm³/mol. The zero-order valence-corrected chi connectivity index (χ0v) is 11.0. The van der Waals surface area contributed by atoms with E-state index in [1.807, 2.05) is 27.7 Å². The van der Waals surface area contributed by atoms with E-state index in [0.29, 0.717) is 12.6 Å². The van der Waals surface area contributed by atoms with Crippen LogP contribution in [0.25, 0.3) is 0 Å². The van der Waals surface area contributed by atoms with Crippen LogP contribution in [0.4, 0.5) is 0 Å². The third-order valence-electron chi connectivity index (χ3n) is 1.93. The van der Waals surface area contributed by atoms with Gasteiger partial charge in [0.05, 0.1) is 12.6 Å². The van der Waals surface area contributed by atoms with Gasteiger partial charge >= 0.3 is 0 Å². The number of unbranched alkanes of at least 4 members (excludes halogenated alkanes) is 1. The maximum absolute atomic E-state index is 11.2. The minimum Gasteiger partial charge on any atom is -0.379 e. The van der Waals surface area contributed by atoms with E-state index in [1.54, 1.807) is 0 Å². The first kappa shape index (κ1) is 15.4. The van der Waals surface area contributed by atoms with Gasteiger partial charge in [0.1, 0.15) is 0 Å². The highest BCUT2D eigenvalue weighted by Crippen LogP contribution is 1.93. The lowest BCUT2D eigenvalue weighted by molar-refractivity contribution is -0.120. The van der Waals surface area contributed by atoms with Crippen LogP contribution in [0.3, 0.4) is 0 Å². The van der Waals surface area contributed by atoms with Crippen molar-refractivity contribution in [3.05, 3.63) is 0 Å². The number of carbonyl (C=O) groups excluding carboxylic acids is 1. The van der Waals surface area contributed by atoms with Gasteiger partial charge in [-0.1, -0.05) is 0 Å². The van der Waals surface area contributed by atoms with E-state index in [-0.39, 0.29) is 11.9 Å². The lowest BCUT2D eigenvalue weighted by atomic mass is 10.3. The van der Waals surface area contributed by atoms with Crippen LogP contribution in [0.2, 0.25) is 0 Å². The highest BCUT2D eigenvalue weighted by molar-refractivity contribution is 5.78. The Bertz CT molecular complexity index is 182. The van der Waals surface area contributed by atoms with Crippen LogP contribution in [0, 0.1) is 0 Å². The topological polar surface area (TPSA) is 50.4 Å². The summed E-state index contributed by atoms with van der Waals surface area (Å²) in [6.07, 6.45) is 2.39. The summed E-state index contributed by atoms with van der Waals surface area (Å²) in [5.41, 5.74) is 0. The largest absolute Gasteiger partial charge is 0.379 e. The summed E-state index contributed by atoms with van der Waals surface area (Å²) in [7, 11) is 0. The van der Waals surface area contributed by atoms with Crippen LogP contribution >= 0.6 is 0 Å². The molecule has 16 heavy (non-hydrogen) atoms. The molecule has 0 spiro atoms. The Balaban J connectivity index is 3.18. The molecule has 1 amide bonds. The third-order valence-corrected chi connectivity index (χ3v) is 1.93. The van der Waals surface area contributed by atoms with Crippen molar-refractivity contribution in [3.8, 4) is 0 Å². The number of amides is 1. The number of rotatable bonds is 9. The molecule has 0 radical (unpaired) electrons. The standard InChI is InChI=1S/C12H26N2O2/c1-10(2)14-12(15)9-13-7-5-6-8-16-11(3)4/h10-11,13H,5-9H2,1-4H3,(H,14,15). The highest BCUT2D eigenvalue weighted by Gasteiger charge is 2.01. The molecule has 0 rings (SSSR count). The van der Waals surface area contributed by atoms with E-state index in [1.165, 1.54) is 0 Å². The second kappa shape index (κ2) is 9.60. The molecule has 0 unspecified atom stereocenters. The van der Waals surface area contributed by atoms with Gasteiger partial charge in [0.2, 0.25) is 5.91 Å². The molecule has 0 aliphatic rings. The van der Waals surface area contributed by atoms with Crippen LogP contribution in [-0.4, -0.2) is 37.7 Å². The zero-order valence-electron chi connectivity index (χ0n) is 11.0. The summed E-state index contributed by atoms with van der Waals surface area (Å²) in [4.78, 5) is 11.2. The lowest BCUT2D eigenvalue weighted by Crippen LogP contribution is -2.37. The molecule has 0 saturated carbocycles. The smallest absolute Gasteiger partial charge is 0.234 e. The Hall–Kier alpha value is -0.610. The third kappa shape index (κ3) is 11.5. The fraction of sp³-hybridized carbons (Fsp3) is 0.917. The second-order valence-corrected chi connectivity index (χ2v) is 4.53. The van der Waals surface area contributed by atoms with Crippen molar-refractivity contribution < 1.29 is 9.53 Å². The van der Waals surface area contributed by atoms with Gasteiger partial charge in [-0.25, -0.2) is 0 Å². The van der Waals surface area contributed by atoms with Crippen molar-refractivity contribution in [3.63, 3.8) is 0 Å². The van der Waals surface area contributed by atoms with Gasteiger partial charge in [0.25, 0.3) is 0 Å². The molecule has 0 fully saturated rings. The maximum Gasteiger partial charge on any atom is 0.234 e. The quantitative estimate of drug-likeness (QED) is 0.587. The predicted octanol–water partition coefficient (Wildman–Crippen LogP) is 1.31. The normalized spacial score (nSPS) is 11.1. The van der Waals surface area contributed by atoms with Gasteiger partial charge < -0.3 is 15.4 Å². The summed E-state index contributed by atoms with van der Waals surface area (Å²) < 4.78 is 5.42. The van der Waals surface area contributed by atoms with E-state index < -0.39 is 0 Å². The van der Waals surface area contributed by atoms with Crippen molar-refractivity contribution in [1.82, 2.24) is 10.6 Å². The molecular weight excluding hydrogens is 204 g/mol. The summed E-state index contributed by atoms with van der Waals surface area (Å²) in [6.45, 7) is 10.1. The van der Waals surface area contributed by atoms with Crippen LogP contribution in [-0.2, 0) is 9.53 Å². The molecule has 0 aliphatic carbocycles. The zero-order chi connectivity index (χ0) is 12.4. The Kier molecular flexibility index (Phi) is 9.24. The second-order valence-electron chi connectivity index (χ2n) is 4.53. The highest BCUT2D eigenvalue weighted by atomic mass is 16.5. The Labute approximate surface area is 99.1 Å². The average molecular weight is 230 g/mol. The summed E-state index contributed by atoms with van der Waals surface area (Å²) >= 11 is 0. The van der Waals surface area contributed by atoms with Crippen LogP contribution in [0.5, 0.6) is 0 Å². The van der Waals surface area contributed by atoms with Crippen molar-refractivity contribution >= 4 is 5.91 Å². The first-order chi connectivity index (χ1) is 7.52. The van der Waals surface area contributed by atoms with Crippen molar-refractivity contribution in [1.29, 1.82) is 0 Å².